The van der Waals surface area contributed by atoms with E-state index in [-0.39, 0.29) is 18.9 Å². The van der Waals surface area contributed by atoms with Gasteiger partial charge in [0.1, 0.15) is 0 Å². The quantitative estimate of drug-likeness (QED) is 0.382. The Morgan fingerprint density at radius 1 is 0.882 bits per heavy atom. The van der Waals surface area contributed by atoms with E-state index >= 15 is 0 Å². The molecule has 17 heavy (non-hydrogen) atoms. The van der Waals surface area contributed by atoms with Crippen LogP contribution in [0.1, 0.15) is 12.8 Å². The molecule has 0 heterocycles. The van der Waals surface area contributed by atoms with Gasteiger partial charge in [0.25, 0.3) is 0 Å². The summed E-state index contributed by atoms with van der Waals surface area (Å²) in [7, 11) is -6.73. The summed E-state index contributed by atoms with van der Waals surface area (Å²) in [6.45, 7) is 0. The van der Waals surface area contributed by atoms with Crippen molar-refractivity contribution in [3.8, 4) is 0 Å². The van der Waals surface area contributed by atoms with E-state index in [0.717, 1.165) is 0 Å². The molecule has 0 aliphatic heterocycles. The van der Waals surface area contributed by atoms with Crippen LogP contribution in [0.3, 0.4) is 0 Å². The molecular weight excluding hydrogens is 280 g/mol. The molecule has 0 rings (SSSR count). The second-order valence-corrected chi connectivity index (χ2v) is 4.21. The molecule has 0 fully saturated rings. The third kappa shape index (κ3) is 5.03. The van der Waals surface area contributed by atoms with Crippen molar-refractivity contribution in [3.05, 3.63) is 0 Å². The average Bonchev–Trinajstić information content (AvgIpc) is 1.97. The number of hydrogen-bond acceptors (Lipinski definition) is 3. The molecule has 0 spiro atoms. The second-order valence-electron chi connectivity index (χ2n) is 2.79. The van der Waals surface area contributed by atoms with Crippen LogP contribution in [0.5, 0.6) is 0 Å². The van der Waals surface area contributed by atoms with Crippen LogP contribution in [-0.4, -0.2) is 30.3 Å². The first-order valence-corrected chi connectivity index (χ1v) is 4.89. The third-order valence-electron chi connectivity index (χ3n) is 1.46. The van der Waals surface area contributed by atoms with Crippen molar-refractivity contribution >= 4 is 10.1 Å². The van der Waals surface area contributed by atoms with Crippen LogP contribution in [0.4, 0.5) is 30.7 Å². The molecule has 3 nitrogen and oxygen atoms in total. The van der Waals surface area contributed by atoms with Gasteiger partial charge in [-0.15, -0.1) is 0 Å². The number of alkyl halides is 7. The molecule has 12 heteroatoms. The first-order chi connectivity index (χ1) is 6.71. The zero-order chi connectivity index (χ0) is 13.4. The van der Waals surface area contributed by atoms with Gasteiger partial charge in [0.15, 0.2) is 10.1 Å². The van der Waals surface area contributed by atoms with E-state index in [1.165, 1.54) is 0 Å². The molecule has 0 aromatic heterocycles. The van der Waals surface area contributed by atoms with Crippen molar-refractivity contribution in [2.24, 2.45) is 0 Å². The Labute approximate surface area is 103 Å². The maximum Gasteiger partial charge on any atom is 1.00 e. The molecule has 0 amide bonds. The van der Waals surface area contributed by atoms with Gasteiger partial charge in [-0.3, -0.25) is 0 Å². The fourth-order valence-corrected chi connectivity index (χ4v) is 1.09. The molecule has 0 bridgehead atoms. The van der Waals surface area contributed by atoms with Crippen molar-refractivity contribution in [1.82, 2.24) is 0 Å². The number of halogens is 7. The molecule has 0 atom stereocenters. The Balaban J connectivity index is 0. The Hall–Kier alpha value is 0.0174. The van der Waals surface area contributed by atoms with E-state index in [1.807, 2.05) is 0 Å². The first kappa shape index (κ1) is 19.4. The van der Waals surface area contributed by atoms with E-state index in [9.17, 15) is 43.7 Å². The monoisotopic (exact) mass is 284 g/mol. The molecule has 0 aliphatic carbocycles. The number of rotatable bonds is 4. The Morgan fingerprint density at radius 2 is 1.24 bits per heavy atom. The SMILES string of the molecule is O=S(=O)([O-])C(F)(F)C(F)(F)CCC(F)(F)F.[Li+]. The second kappa shape index (κ2) is 5.34. The molecule has 0 saturated heterocycles. The van der Waals surface area contributed by atoms with Crippen LogP contribution in [0, 0.1) is 0 Å². The van der Waals surface area contributed by atoms with Gasteiger partial charge < -0.3 is 4.55 Å². The van der Waals surface area contributed by atoms with E-state index in [1.54, 1.807) is 0 Å². The van der Waals surface area contributed by atoms with Crippen molar-refractivity contribution < 1.29 is 62.6 Å². The zero-order valence-electron chi connectivity index (χ0n) is 8.19. The summed E-state index contributed by atoms with van der Waals surface area (Å²) in [6, 6.07) is 0. The normalized spacial score (nSPS) is 14.4. The fourth-order valence-electron chi connectivity index (χ4n) is 0.627. The smallest absolute Gasteiger partial charge is 0.743 e. The van der Waals surface area contributed by atoms with Crippen LogP contribution in [0.2, 0.25) is 0 Å². The van der Waals surface area contributed by atoms with Gasteiger partial charge in [0.05, 0.1) is 0 Å². The van der Waals surface area contributed by atoms with Gasteiger partial charge >= 0.3 is 36.2 Å². The van der Waals surface area contributed by atoms with E-state index in [0.29, 0.717) is 0 Å². The van der Waals surface area contributed by atoms with Gasteiger partial charge in [-0.2, -0.15) is 30.7 Å². The molecule has 0 aromatic rings. The zero-order valence-corrected chi connectivity index (χ0v) is 9.01. The minimum Gasteiger partial charge on any atom is -0.743 e. The third-order valence-corrected chi connectivity index (χ3v) is 2.39. The van der Waals surface area contributed by atoms with Crippen LogP contribution in [0.25, 0.3) is 0 Å². The van der Waals surface area contributed by atoms with Gasteiger partial charge in [-0.1, -0.05) is 0 Å². The Bertz CT molecular complexity index is 349. The fraction of sp³-hybridized carbons (Fsp3) is 1.00. The minimum absolute atomic E-state index is 0. The molecule has 0 N–H and O–H groups in total. The average molecular weight is 284 g/mol. The van der Waals surface area contributed by atoms with E-state index < -0.39 is 40.3 Å². The summed E-state index contributed by atoms with van der Waals surface area (Å²) in [4.78, 5) is 0. The van der Waals surface area contributed by atoms with Crippen LogP contribution in [-0.2, 0) is 10.1 Å². The van der Waals surface area contributed by atoms with Crippen molar-refractivity contribution in [3.63, 3.8) is 0 Å². The van der Waals surface area contributed by atoms with Gasteiger partial charge in [0.2, 0.25) is 0 Å². The topological polar surface area (TPSA) is 57.2 Å². The van der Waals surface area contributed by atoms with E-state index in [2.05, 4.69) is 0 Å². The van der Waals surface area contributed by atoms with Crippen LogP contribution < -0.4 is 18.9 Å². The van der Waals surface area contributed by atoms with Crippen LogP contribution >= 0.6 is 0 Å². The summed E-state index contributed by atoms with van der Waals surface area (Å²) in [5.41, 5.74) is 0. The van der Waals surface area contributed by atoms with Crippen molar-refractivity contribution in [2.45, 2.75) is 30.2 Å². The van der Waals surface area contributed by atoms with Gasteiger partial charge in [-0.05, 0) is 0 Å². The molecule has 98 valence electrons. The predicted molar refractivity (Wildman–Crippen MR) is 34.9 cm³/mol. The molecule has 0 aliphatic rings. The maximum absolute atomic E-state index is 12.4. The van der Waals surface area contributed by atoms with E-state index in [4.69, 9.17) is 0 Å². The van der Waals surface area contributed by atoms with Gasteiger partial charge in [0, 0.05) is 12.8 Å². The minimum atomic E-state index is -6.73. The first-order valence-electron chi connectivity index (χ1n) is 3.48. The molecule has 0 aromatic carbocycles. The molecule has 0 saturated carbocycles. The Morgan fingerprint density at radius 3 is 1.47 bits per heavy atom. The summed E-state index contributed by atoms with van der Waals surface area (Å²) >= 11 is 0. The summed E-state index contributed by atoms with van der Waals surface area (Å²) in [6.07, 6.45) is -9.97. The number of hydrogen-bond donors (Lipinski definition) is 0. The summed E-state index contributed by atoms with van der Waals surface area (Å²) < 4.78 is 113. The van der Waals surface area contributed by atoms with Crippen molar-refractivity contribution in [2.75, 3.05) is 0 Å². The Kier molecular flexibility index (Phi) is 6.08. The summed E-state index contributed by atoms with van der Waals surface area (Å²) in [5.74, 6) is -5.57. The largest absolute Gasteiger partial charge is 1.00 e. The molecular formula is C5H4F7LiO3S. The molecule has 0 radical (unpaired) electrons. The van der Waals surface area contributed by atoms with Gasteiger partial charge in [-0.25, -0.2) is 8.42 Å². The maximum atomic E-state index is 12.4. The molecule has 0 unspecified atom stereocenters. The van der Waals surface area contributed by atoms with Crippen molar-refractivity contribution in [1.29, 1.82) is 0 Å². The van der Waals surface area contributed by atoms with Crippen LogP contribution in [0.15, 0.2) is 0 Å². The standard InChI is InChI=1S/C5H5F7O3S.Li/c6-3(7,1-2-4(8,9)10)5(11,12)16(13,14)15;/h1-2H2,(H,13,14,15);/q;+1/p-1. The predicted octanol–water partition coefficient (Wildman–Crippen LogP) is -0.894. The summed E-state index contributed by atoms with van der Waals surface area (Å²) in [5, 5.41) is -6.06.